The van der Waals surface area contributed by atoms with Crippen molar-refractivity contribution >= 4 is 0 Å². The maximum absolute atomic E-state index is 5.66. The minimum Gasteiger partial charge on any atom is -0.476 e. The van der Waals surface area contributed by atoms with E-state index in [1.807, 2.05) is 42.5 Å². The fraction of sp³-hybridized carbons (Fsp3) is 0.316. The molecule has 3 heteroatoms. The van der Waals surface area contributed by atoms with E-state index in [4.69, 9.17) is 4.74 Å². The second-order valence-corrected chi connectivity index (χ2v) is 4.88. The molecule has 0 unspecified atom stereocenters. The van der Waals surface area contributed by atoms with E-state index in [2.05, 4.69) is 35.6 Å². The Morgan fingerprint density at radius 3 is 2.32 bits per heavy atom. The standard InChI is InChI=1S/C19H22N2O/c1-3-21(4-2)14-15-22-19-13-12-18(16-20-19)11-10-17-8-6-5-7-9-17/h5-9,12-13,16H,3-4,14-15H2,1-2H3. The summed E-state index contributed by atoms with van der Waals surface area (Å²) in [5, 5.41) is 0. The fourth-order valence-electron chi connectivity index (χ4n) is 2.02. The summed E-state index contributed by atoms with van der Waals surface area (Å²) in [6.45, 7) is 7.97. The topological polar surface area (TPSA) is 25.4 Å². The van der Waals surface area contributed by atoms with Crippen molar-refractivity contribution in [2.24, 2.45) is 0 Å². The molecule has 0 atom stereocenters. The Bertz CT molecular complexity index is 607. The molecule has 0 aliphatic carbocycles. The molecule has 0 aliphatic rings. The van der Waals surface area contributed by atoms with Gasteiger partial charge in [-0.3, -0.25) is 0 Å². The van der Waals surface area contributed by atoms with Gasteiger partial charge in [-0.1, -0.05) is 43.9 Å². The van der Waals surface area contributed by atoms with Gasteiger partial charge >= 0.3 is 0 Å². The highest BCUT2D eigenvalue weighted by molar-refractivity contribution is 5.42. The van der Waals surface area contributed by atoms with Gasteiger partial charge in [0.15, 0.2) is 0 Å². The Hall–Kier alpha value is -2.31. The maximum atomic E-state index is 5.66. The van der Waals surface area contributed by atoms with Crippen LogP contribution in [0.5, 0.6) is 5.88 Å². The SMILES string of the molecule is CCN(CC)CCOc1ccc(C#Cc2ccccc2)cn1. The average molecular weight is 294 g/mol. The number of benzene rings is 1. The van der Waals surface area contributed by atoms with Crippen LogP contribution in [0.25, 0.3) is 0 Å². The lowest BCUT2D eigenvalue weighted by molar-refractivity contribution is 0.218. The predicted molar refractivity (Wildman–Crippen MR) is 89.9 cm³/mol. The Morgan fingerprint density at radius 2 is 1.68 bits per heavy atom. The molecule has 0 saturated heterocycles. The highest BCUT2D eigenvalue weighted by Gasteiger charge is 2.00. The molecule has 0 aliphatic heterocycles. The number of likely N-dealkylation sites (N-methyl/N-ethyl adjacent to an activating group) is 1. The molecule has 0 bridgehead atoms. The lowest BCUT2D eigenvalue weighted by Gasteiger charge is -2.17. The van der Waals surface area contributed by atoms with Crippen LogP contribution in [-0.4, -0.2) is 36.1 Å². The Morgan fingerprint density at radius 1 is 0.955 bits per heavy atom. The summed E-state index contributed by atoms with van der Waals surface area (Å²) in [6.07, 6.45) is 1.75. The van der Waals surface area contributed by atoms with Crippen LogP contribution >= 0.6 is 0 Å². The molecule has 1 heterocycles. The van der Waals surface area contributed by atoms with Crippen molar-refractivity contribution in [3.63, 3.8) is 0 Å². The molecule has 0 fully saturated rings. The number of pyridine rings is 1. The molecule has 1 aromatic carbocycles. The monoisotopic (exact) mass is 294 g/mol. The molecule has 3 nitrogen and oxygen atoms in total. The summed E-state index contributed by atoms with van der Waals surface area (Å²) >= 11 is 0. The number of aromatic nitrogens is 1. The van der Waals surface area contributed by atoms with Crippen LogP contribution in [0, 0.1) is 11.8 Å². The molecule has 1 aromatic heterocycles. The molecular weight excluding hydrogens is 272 g/mol. The van der Waals surface area contributed by atoms with Crippen LogP contribution in [-0.2, 0) is 0 Å². The van der Waals surface area contributed by atoms with Crippen molar-refractivity contribution in [3.05, 3.63) is 59.8 Å². The largest absolute Gasteiger partial charge is 0.476 e. The third-order valence-corrected chi connectivity index (χ3v) is 3.41. The summed E-state index contributed by atoms with van der Waals surface area (Å²) in [5.41, 5.74) is 1.89. The number of nitrogens with zero attached hydrogens (tertiary/aromatic N) is 2. The van der Waals surface area contributed by atoms with Crippen LogP contribution in [0.4, 0.5) is 0 Å². The molecule has 2 aromatic rings. The van der Waals surface area contributed by atoms with Gasteiger partial charge in [-0.25, -0.2) is 4.98 Å². The predicted octanol–water partition coefficient (Wildman–Crippen LogP) is 3.20. The first-order chi connectivity index (χ1) is 10.8. The maximum Gasteiger partial charge on any atom is 0.213 e. The van der Waals surface area contributed by atoms with E-state index in [0.29, 0.717) is 12.5 Å². The van der Waals surface area contributed by atoms with Crippen LogP contribution < -0.4 is 4.74 Å². The summed E-state index contributed by atoms with van der Waals surface area (Å²) in [4.78, 5) is 6.62. The molecular formula is C19H22N2O. The molecule has 0 saturated carbocycles. The van der Waals surface area contributed by atoms with Crippen LogP contribution in [0.3, 0.4) is 0 Å². The Labute approximate surface area is 133 Å². The van der Waals surface area contributed by atoms with E-state index in [9.17, 15) is 0 Å². The summed E-state index contributed by atoms with van der Waals surface area (Å²) in [7, 11) is 0. The molecule has 0 radical (unpaired) electrons. The van der Waals surface area contributed by atoms with E-state index in [0.717, 1.165) is 30.8 Å². The second kappa shape index (κ2) is 8.86. The van der Waals surface area contributed by atoms with Gasteiger partial charge in [-0.15, -0.1) is 0 Å². The zero-order valence-corrected chi connectivity index (χ0v) is 13.2. The van der Waals surface area contributed by atoms with Crippen molar-refractivity contribution in [2.45, 2.75) is 13.8 Å². The smallest absolute Gasteiger partial charge is 0.213 e. The number of ether oxygens (including phenoxy) is 1. The normalized spacial score (nSPS) is 10.1. The molecule has 0 N–H and O–H groups in total. The van der Waals surface area contributed by atoms with Gasteiger partial charge in [0, 0.05) is 29.9 Å². The highest BCUT2D eigenvalue weighted by atomic mass is 16.5. The lowest BCUT2D eigenvalue weighted by Crippen LogP contribution is -2.28. The van der Waals surface area contributed by atoms with Gasteiger partial charge < -0.3 is 9.64 Å². The van der Waals surface area contributed by atoms with Gasteiger partial charge in [0.2, 0.25) is 5.88 Å². The zero-order valence-electron chi connectivity index (χ0n) is 13.2. The minimum absolute atomic E-state index is 0.650. The van der Waals surface area contributed by atoms with Gasteiger partial charge in [0.05, 0.1) is 0 Å². The summed E-state index contributed by atoms with van der Waals surface area (Å²) in [6, 6.07) is 13.7. The van der Waals surface area contributed by atoms with Gasteiger partial charge in [0.25, 0.3) is 0 Å². The number of hydrogen-bond donors (Lipinski definition) is 0. The van der Waals surface area contributed by atoms with E-state index >= 15 is 0 Å². The van der Waals surface area contributed by atoms with Gasteiger partial charge in [-0.05, 0) is 31.3 Å². The fourth-order valence-corrected chi connectivity index (χ4v) is 2.02. The van der Waals surface area contributed by atoms with E-state index in [-0.39, 0.29) is 0 Å². The van der Waals surface area contributed by atoms with Crippen LogP contribution in [0.15, 0.2) is 48.7 Å². The molecule has 2 rings (SSSR count). The van der Waals surface area contributed by atoms with Crippen molar-refractivity contribution in [1.29, 1.82) is 0 Å². The third-order valence-electron chi connectivity index (χ3n) is 3.41. The van der Waals surface area contributed by atoms with Gasteiger partial charge in [-0.2, -0.15) is 0 Å². The quantitative estimate of drug-likeness (QED) is 0.765. The second-order valence-electron chi connectivity index (χ2n) is 4.88. The van der Waals surface area contributed by atoms with E-state index in [1.54, 1.807) is 6.20 Å². The zero-order chi connectivity index (χ0) is 15.6. The Kier molecular flexibility index (Phi) is 6.47. The van der Waals surface area contributed by atoms with Crippen LogP contribution in [0.1, 0.15) is 25.0 Å². The first-order valence-corrected chi connectivity index (χ1v) is 7.70. The molecule has 0 spiro atoms. The first kappa shape index (κ1) is 16.1. The molecule has 22 heavy (non-hydrogen) atoms. The number of rotatable bonds is 6. The average Bonchev–Trinajstić information content (AvgIpc) is 2.59. The highest BCUT2D eigenvalue weighted by Crippen LogP contribution is 2.07. The van der Waals surface area contributed by atoms with Gasteiger partial charge in [0.1, 0.15) is 6.61 Å². The van der Waals surface area contributed by atoms with E-state index < -0.39 is 0 Å². The third kappa shape index (κ3) is 5.23. The molecule has 114 valence electrons. The van der Waals surface area contributed by atoms with Crippen LogP contribution in [0.2, 0.25) is 0 Å². The molecule has 0 amide bonds. The first-order valence-electron chi connectivity index (χ1n) is 7.70. The Balaban J connectivity index is 1.87. The van der Waals surface area contributed by atoms with Crippen molar-refractivity contribution in [3.8, 4) is 17.7 Å². The summed E-state index contributed by atoms with van der Waals surface area (Å²) < 4.78 is 5.66. The summed E-state index contributed by atoms with van der Waals surface area (Å²) in [5.74, 6) is 6.87. The van der Waals surface area contributed by atoms with Crippen molar-refractivity contribution in [1.82, 2.24) is 9.88 Å². The minimum atomic E-state index is 0.650. The lowest BCUT2D eigenvalue weighted by atomic mass is 10.2. The van der Waals surface area contributed by atoms with Crippen molar-refractivity contribution in [2.75, 3.05) is 26.2 Å². The number of hydrogen-bond acceptors (Lipinski definition) is 3. The van der Waals surface area contributed by atoms with Crippen molar-refractivity contribution < 1.29 is 4.74 Å². The van der Waals surface area contributed by atoms with E-state index in [1.165, 1.54) is 0 Å².